The van der Waals surface area contributed by atoms with Gasteiger partial charge >= 0.3 is 0 Å². The fraction of sp³-hybridized carbons (Fsp3) is 0.0769. The molecule has 0 aromatic heterocycles. The van der Waals surface area contributed by atoms with Gasteiger partial charge in [0.1, 0.15) is 5.82 Å². The molecule has 0 aliphatic heterocycles. The van der Waals surface area contributed by atoms with E-state index in [-0.39, 0.29) is 5.82 Å². The Labute approximate surface area is 114 Å². The molecule has 0 saturated carbocycles. The van der Waals surface area contributed by atoms with Crippen LogP contribution in [0.5, 0.6) is 0 Å². The second kappa shape index (κ2) is 4.85. The van der Waals surface area contributed by atoms with Gasteiger partial charge in [-0.3, -0.25) is 0 Å². The van der Waals surface area contributed by atoms with Crippen LogP contribution in [0, 0.1) is 12.7 Å². The maximum Gasteiger partial charge on any atom is 0.123 e. The summed E-state index contributed by atoms with van der Waals surface area (Å²) in [5, 5.41) is 1.19. The fourth-order valence-electron chi connectivity index (χ4n) is 1.64. The first-order chi connectivity index (χ1) is 8.00. The van der Waals surface area contributed by atoms with Crippen LogP contribution in [0.1, 0.15) is 5.56 Å². The molecule has 88 valence electrons. The number of benzene rings is 2. The Morgan fingerprint density at radius 2 is 1.59 bits per heavy atom. The maximum atomic E-state index is 13.3. The molecule has 17 heavy (non-hydrogen) atoms. The molecule has 0 aliphatic rings. The molecule has 0 bridgehead atoms. The van der Waals surface area contributed by atoms with Gasteiger partial charge in [0.2, 0.25) is 0 Å². The SMILES string of the molecule is Cc1ccc(F)cc1-c1c(Cl)ccc(Cl)c1Cl. The van der Waals surface area contributed by atoms with Crippen LogP contribution in [-0.2, 0) is 0 Å². The highest BCUT2D eigenvalue weighted by Crippen LogP contribution is 2.40. The van der Waals surface area contributed by atoms with Crippen LogP contribution in [0.3, 0.4) is 0 Å². The normalized spacial score (nSPS) is 10.6. The van der Waals surface area contributed by atoms with Crippen molar-refractivity contribution < 1.29 is 4.39 Å². The lowest BCUT2D eigenvalue weighted by Gasteiger charge is -2.11. The van der Waals surface area contributed by atoms with E-state index in [1.54, 1.807) is 18.2 Å². The quantitative estimate of drug-likeness (QED) is 0.585. The van der Waals surface area contributed by atoms with E-state index in [4.69, 9.17) is 34.8 Å². The summed E-state index contributed by atoms with van der Waals surface area (Å²) in [6.07, 6.45) is 0. The third-order valence-corrected chi connectivity index (χ3v) is 3.63. The molecule has 0 unspecified atom stereocenters. The van der Waals surface area contributed by atoms with Crippen molar-refractivity contribution in [2.75, 3.05) is 0 Å². The van der Waals surface area contributed by atoms with E-state index in [2.05, 4.69) is 0 Å². The van der Waals surface area contributed by atoms with E-state index >= 15 is 0 Å². The zero-order valence-corrected chi connectivity index (χ0v) is 11.2. The van der Waals surface area contributed by atoms with Crippen LogP contribution < -0.4 is 0 Å². The molecular formula is C13H8Cl3F. The molecule has 0 N–H and O–H groups in total. The summed E-state index contributed by atoms with van der Waals surface area (Å²) in [5.74, 6) is -0.335. The number of rotatable bonds is 1. The zero-order valence-electron chi connectivity index (χ0n) is 8.90. The van der Waals surface area contributed by atoms with Crippen molar-refractivity contribution >= 4 is 34.8 Å². The number of hydrogen-bond donors (Lipinski definition) is 0. The summed E-state index contributed by atoms with van der Waals surface area (Å²) in [5.41, 5.74) is 2.11. The van der Waals surface area contributed by atoms with Crippen molar-refractivity contribution in [1.29, 1.82) is 0 Å². The van der Waals surface area contributed by atoms with Crippen molar-refractivity contribution in [3.05, 3.63) is 56.8 Å². The third kappa shape index (κ3) is 2.42. The maximum absolute atomic E-state index is 13.3. The Balaban J connectivity index is 2.76. The minimum absolute atomic E-state index is 0.335. The molecule has 0 aliphatic carbocycles. The van der Waals surface area contributed by atoms with Crippen molar-refractivity contribution in [3.8, 4) is 11.1 Å². The highest BCUT2D eigenvalue weighted by molar-refractivity contribution is 6.46. The summed E-state index contributed by atoms with van der Waals surface area (Å²) < 4.78 is 13.3. The van der Waals surface area contributed by atoms with Gasteiger partial charge < -0.3 is 0 Å². The van der Waals surface area contributed by atoms with Gasteiger partial charge in [0.25, 0.3) is 0 Å². The topological polar surface area (TPSA) is 0 Å². The molecule has 0 amide bonds. The fourth-order valence-corrected chi connectivity index (χ4v) is 2.37. The Morgan fingerprint density at radius 1 is 0.941 bits per heavy atom. The van der Waals surface area contributed by atoms with E-state index in [0.29, 0.717) is 26.2 Å². The number of halogens is 4. The van der Waals surface area contributed by atoms with Crippen LogP contribution in [-0.4, -0.2) is 0 Å². The summed E-state index contributed by atoms with van der Waals surface area (Å²) in [6, 6.07) is 7.74. The van der Waals surface area contributed by atoms with Crippen LogP contribution >= 0.6 is 34.8 Å². The number of hydrogen-bond acceptors (Lipinski definition) is 0. The zero-order chi connectivity index (χ0) is 12.6. The van der Waals surface area contributed by atoms with E-state index in [9.17, 15) is 4.39 Å². The predicted octanol–water partition coefficient (Wildman–Crippen LogP) is 5.76. The summed E-state index contributed by atoms with van der Waals surface area (Å²) in [4.78, 5) is 0. The largest absolute Gasteiger partial charge is 0.207 e. The van der Waals surface area contributed by atoms with Gasteiger partial charge in [0.15, 0.2) is 0 Å². The minimum Gasteiger partial charge on any atom is -0.207 e. The summed E-state index contributed by atoms with van der Waals surface area (Å²) in [6.45, 7) is 1.86. The molecule has 0 atom stereocenters. The van der Waals surface area contributed by atoms with Crippen LogP contribution in [0.15, 0.2) is 30.3 Å². The van der Waals surface area contributed by atoms with Crippen LogP contribution in [0.25, 0.3) is 11.1 Å². The van der Waals surface area contributed by atoms with Gasteiger partial charge in [0, 0.05) is 5.56 Å². The highest BCUT2D eigenvalue weighted by atomic mass is 35.5. The smallest absolute Gasteiger partial charge is 0.123 e. The van der Waals surface area contributed by atoms with Crippen molar-refractivity contribution in [2.24, 2.45) is 0 Å². The van der Waals surface area contributed by atoms with Gasteiger partial charge in [-0.25, -0.2) is 4.39 Å². The monoisotopic (exact) mass is 288 g/mol. The Bertz CT molecular complexity index is 579. The van der Waals surface area contributed by atoms with Gasteiger partial charge in [-0.2, -0.15) is 0 Å². The van der Waals surface area contributed by atoms with Gasteiger partial charge in [-0.1, -0.05) is 40.9 Å². The minimum atomic E-state index is -0.335. The molecule has 2 aromatic rings. The molecule has 4 heteroatoms. The Kier molecular flexibility index (Phi) is 3.62. The third-order valence-electron chi connectivity index (χ3n) is 2.51. The highest BCUT2D eigenvalue weighted by Gasteiger charge is 2.14. The number of aryl methyl sites for hydroxylation is 1. The molecule has 0 fully saturated rings. The molecule has 0 spiro atoms. The average Bonchev–Trinajstić information content (AvgIpc) is 2.29. The van der Waals surface area contributed by atoms with E-state index < -0.39 is 0 Å². The standard InChI is InChI=1S/C13H8Cl3F/c1-7-2-3-8(17)6-9(7)12-10(14)4-5-11(15)13(12)16/h2-6H,1H3. The summed E-state index contributed by atoms with van der Waals surface area (Å²) >= 11 is 18.2. The Hall–Kier alpha value is -0.760. The second-order valence-corrected chi connectivity index (χ2v) is 4.87. The first-order valence-corrected chi connectivity index (χ1v) is 6.04. The molecular weight excluding hydrogens is 282 g/mol. The Morgan fingerprint density at radius 3 is 2.29 bits per heavy atom. The van der Waals surface area contributed by atoms with Gasteiger partial charge in [0.05, 0.1) is 15.1 Å². The van der Waals surface area contributed by atoms with Crippen molar-refractivity contribution in [1.82, 2.24) is 0 Å². The summed E-state index contributed by atoms with van der Waals surface area (Å²) in [7, 11) is 0. The molecule has 2 aromatic carbocycles. The molecule has 0 saturated heterocycles. The van der Waals surface area contributed by atoms with Gasteiger partial charge in [-0.15, -0.1) is 0 Å². The van der Waals surface area contributed by atoms with Crippen LogP contribution in [0.2, 0.25) is 15.1 Å². The second-order valence-electron chi connectivity index (χ2n) is 3.68. The predicted molar refractivity (Wildman–Crippen MR) is 71.6 cm³/mol. The van der Waals surface area contributed by atoms with Gasteiger partial charge in [-0.05, 0) is 42.3 Å². The molecule has 0 nitrogen and oxygen atoms in total. The first-order valence-electron chi connectivity index (χ1n) is 4.90. The molecule has 0 heterocycles. The average molecular weight is 290 g/mol. The van der Waals surface area contributed by atoms with Crippen molar-refractivity contribution in [2.45, 2.75) is 6.92 Å². The molecule has 2 rings (SSSR count). The molecule has 0 radical (unpaired) electrons. The van der Waals surface area contributed by atoms with E-state index in [0.717, 1.165) is 5.56 Å². The lowest BCUT2D eigenvalue weighted by atomic mass is 10.0. The lowest BCUT2D eigenvalue weighted by Crippen LogP contribution is -1.88. The van der Waals surface area contributed by atoms with E-state index in [1.165, 1.54) is 12.1 Å². The van der Waals surface area contributed by atoms with Crippen molar-refractivity contribution in [3.63, 3.8) is 0 Å². The van der Waals surface area contributed by atoms with E-state index in [1.807, 2.05) is 6.92 Å². The first kappa shape index (κ1) is 12.7. The van der Waals surface area contributed by atoms with Crippen LogP contribution in [0.4, 0.5) is 4.39 Å². The lowest BCUT2D eigenvalue weighted by molar-refractivity contribution is 0.628.